The Bertz CT molecular complexity index is 224. The highest BCUT2D eigenvalue weighted by atomic mass is 16.3. The summed E-state index contributed by atoms with van der Waals surface area (Å²) in [5, 5.41) is 12.4. The Balaban J connectivity index is 1.87. The van der Waals surface area contributed by atoms with E-state index in [9.17, 15) is 9.90 Å². The van der Waals surface area contributed by atoms with Crippen LogP contribution in [0.4, 0.5) is 0 Å². The van der Waals surface area contributed by atoms with Crippen LogP contribution in [0.5, 0.6) is 0 Å². The van der Waals surface area contributed by atoms with Gasteiger partial charge in [0.25, 0.3) is 0 Å². The molecule has 2 atom stereocenters. The van der Waals surface area contributed by atoms with E-state index in [1.54, 1.807) is 0 Å². The lowest BCUT2D eigenvalue weighted by molar-refractivity contribution is -0.135. The van der Waals surface area contributed by atoms with E-state index in [2.05, 4.69) is 5.32 Å². The molecule has 2 aliphatic rings. The molecule has 1 heterocycles. The van der Waals surface area contributed by atoms with E-state index in [0.717, 1.165) is 12.8 Å². The highest BCUT2D eigenvalue weighted by molar-refractivity contribution is 5.82. The van der Waals surface area contributed by atoms with E-state index < -0.39 is 0 Å². The number of carbonyl (C=O) groups excluding carboxylic acids is 1. The third kappa shape index (κ3) is 1.77. The van der Waals surface area contributed by atoms with Gasteiger partial charge in [-0.3, -0.25) is 4.79 Å². The van der Waals surface area contributed by atoms with Crippen molar-refractivity contribution < 1.29 is 9.90 Å². The Morgan fingerprint density at radius 1 is 1.50 bits per heavy atom. The van der Waals surface area contributed by atoms with Gasteiger partial charge >= 0.3 is 0 Å². The van der Waals surface area contributed by atoms with Crippen molar-refractivity contribution in [2.75, 3.05) is 13.6 Å². The molecule has 4 heteroatoms. The zero-order chi connectivity index (χ0) is 10.1. The number of aliphatic hydroxyl groups excluding tert-OH is 1. The first-order valence-electron chi connectivity index (χ1n) is 5.36. The minimum Gasteiger partial charge on any atom is -0.392 e. The number of hydrogen-bond acceptors (Lipinski definition) is 3. The van der Waals surface area contributed by atoms with Crippen LogP contribution in [0.15, 0.2) is 0 Å². The summed E-state index contributed by atoms with van der Waals surface area (Å²) in [5.74, 6) is 0.145. The Kier molecular flexibility index (Phi) is 2.74. The summed E-state index contributed by atoms with van der Waals surface area (Å²) in [7, 11) is 1.87. The molecule has 1 aliphatic heterocycles. The van der Waals surface area contributed by atoms with Crippen LogP contribution in [0.25, 0.3) is 0 Å². The number of nitrogens with one attached hydrogen (secondary N) is 1. The maximum Gasteiger partial charge on any atom is 0.239 e. The zero-order valence-electron chi connectivity index (χ0n) is 8.57. The highest BCUT2D eigenvalue weighted by Gasteiger charge is 2.34. The van der Waals surface area contributed by atoms with Gasteiger partial charge in [-0.1, -0.05) is 0 Å². The first kappa shape index (κ1) is 9.93. The van der Waals surface area contributed by atoms with Crippen molar-refractivity contribution in [3.8, 4) is 0 Å². The minimum atomic E-state index is -0.348. The molecule has 2 N–H and O–H groups in total. The number of rotatable bonds is 2. The molecule has 1 saturated carbocycles. The smallest absolute Gasteiger partial charge is 0.239 e. The summed E-state index contributed by atoms with van der Waals surface area (Å²) in [6.45, 7) is 0.551. The van der Waals surface area contributed by atoms with Gasteiger partial charge in [0.15, 0.2) is 0 Å². The Morgan fingerprint density at radius 3 is 2.64 bits per heavy atom. The van der Waals surface area contributed by atoms with Gasteiger partial charge in [0.1, 0.15) is 0 Å². The number of β-amino-alcohol motifs (C(OH)–C–C–N with tert-alkyl or cyclic N) is 1. The van der Waals surface area contributed by atoms with E-state index in [1.807, 2.05) is 11.9 Å². The molecule has 1 saturated heterocycles. The normalized spacial score (nSPS) is 32.7. The largest absolute Gasteiger partial charge is 0.392 e. The molecule has 0 aromatic carbocycles. The van der Waals surface area contributed by atoms with Gasteiger partial charge in [-0.25, -0.2) is 0 Å². The molecule has 1 amide bonds. The lowest BCUT2D eigenvalue weighted by Gasteiger charge is -2.36. The van der Waals surface area contributed by atoms with Crippen molar-refractivity contribution in [3.63, 3.8) is 0 Å². The minimum absolute atomic E-state index is 0.145. The fourth-order valence-electron chi connectivity index (χ4n) is 2.10. The molecule has 0 aromatic rings. The summed E-state index contributed by atoms with van der Waals surface area (Å²) < 4.78 is 0. The lowest BCUT2D eigenvalue weighted by Crippen LogP contribution is -2.48. The summed E-state index contributed by atoms with van der Waals surface area (Å²) in [5.41, 5.74) is 0. The van der Waals surface area contributed by atoms with Gasteiger partial charge in [0.2, 0.25) is 5.91 Å². The summed E-state index contributed by atoms with van der Waals surface area (Å²) in [6, 6.07) is 0.289. The van der Waals surface area contributed by atoms with Crippen LogP contribution in [0.2, 0.25) is 0 Å². The first-order chi connectivity index (χ1) is 6.68. The molecule has 0 aromatic heterocycles. The fraction of sp³-hybridized carbons (Fsp3) is 0.900. The molecule has 2 rings (SSSR count). The Morgan fingerprint density at radius 2 is 2.21 bits per heavy atom. The number of amides is 1. The standard InChI is InChI=1S/C10H18N2O2/c1-12(7-3-2-4-7)10(14)9-5-8(13)6-11-9/h7-9,11,13H,2-6H2,1H3/t8-,9+/m0/s1. The van der Waals surface area contributed by atoms with Gasteiger partial charge < -0.3 is 15.3 Å². The van der Waals surface area contributed by atoms with Crippen molar-refractivity contribution in [1.29, 1.82) is 0 Å². The third-order valence-corrected chi connectivity index (χ3v) is 3.38. The number of likely N-dealkylation sites (N-methyl/N-ethyl adjacent to an activating group) is 1. The molecule has 0 unspecified atom stereocenters. The van der Waals surface area contributed by atoms with E-state index in [1.165, 1.54) is 6.42 Å². The summed E-state index contributed by atoms with van der Waals surface area (Å²) in [4.78, 5) is 13.7. The van der Waals surface area contributed by atoms with Crippen molar-refractivity contribution in [2.24, 2.45) is 0 Å². The predicted molar refractivity (Wildman–Crippen MR) is 52.8 cm³/mol. The fourth-order valence-corrected chi connectivity index (χ4v) is 2.10. The van der Waals surface area contributed by atoms with Crippen LogP contribution in [0.3, 0.4) is 0 Å². The Labute approximate surface area is 84.3 Å². The van der Waals surface area contributed by atoms with E-state index in [-0.39, 0.29) is 18.1 Å². The van der Waals surface area contributed by atoms with Crippen molar-refractivity contribution >= 4 is 5.91 Å². The monoisotopic (exact) mass is 198 g/mol. The van der Waals surface area contributed by atoms with Crippen LogP contribution in [-0.2, 0) is 4.79 Å². The SMILES string of the molecule is CN(C(=O)[C@H]1C[C@H](O)CN1)C1CCC1. The van der Waals surface area contributed by atoms with Gasteiger partial charge in [-0.05, 0) is 25.7 Å². The lowest BCUT2D eigenvalue weighted by atomic mass is 9.91. The molecule has 0 spiro atoms. The molecule has 4 nitrogen and oxygen atoms in total. The Hall–Kier alpha value is -0.610. The predicted octanol–water partition coefficient (Wildman–Crippen LogP) is -0.280. The second kappa shape index (κ2) is 3.87. The third-order valence-electron chi connectivity index (χ3n) is 3.38. The molecule has 1 aliphatic carbocycles. The van der Waals surface area contributed by atoms with Crippen LogP contribution in [0.1, 0.15) is 25.7 Å². The van der Waals surface area contributed by atoms with Crippen LogP contribution < -0.4 is 5.32 Å². The van der Waals surface area contributed by atoms with Crippen LogP contribution >= 0.6 is 0 Å². The van der Waals surface area contributed by atoms with E-state index in [0.29, 0.717) is 19.0 Å². The topological polar surface area (TPSA) is 52.6 Å². The summed E-state index contributed by atoms with van der Waals surface area (Å²) >= 11 is 0. The average molecular weight is 198 g/mol. The molecular formula is C10H18N2O2. The summed E-state index contributed by atoms with van der Waals surface area (Å²) in [6.07, 6.45) is 3.73. The van der Waals surface area contributed by atoms with Crippen molar-refractivity contribution in [3.05, 3.63) is 0 Å². The number of nitrogens with zero attached hydrogens (tertiary/aromatic N) is 1. The van der Waals surface area contributed by atoms with Crippen LogP contribution in [0, 0.1) is 0 Å². The molecule has 80 valence electrons. The zero-order valence-corrected chi connectivity index (χ0v) is 8.57. The molecule has 14 heavy (non-hydrogen) atoms. The second-order valence-corrected chi connectivity index (χ2v) is 4.38. The first-order valence-corrected chi connectivity index (χ1v) is 5.36. The average Bonchev–Trinajstić information content (AvgIpc) is 2.47. The van der Waals surface area contributed by atoms with Gasteiger partial charge in [0, 0.05) is 19.6 Å². The molecule has 0 bridgehead atoms. The second-order valence-electron chi connectivity index (χ2n) is 4.38. The number of aliphatic hydroxyl groups is 1. The van der Waals surface area contributed by atoms with Crippen molar-refractivity contribution in [1.82, 2.24) is 10.2 Å². The van der Waals surface area contributed by atoms with E-state index in [4.69, 9.17) is 0 Å². The van der Waals surface area contributed by atoms with E-state index >= 15 is 0 Å². The highest BCUT2D eigenvalue weighted by Crippen LogP contribution is 2.24. The van der Waals surface area contributed by atoms with Gasteiger partial charge in [-0.15, -0.1) is 0 Å². The van der Waals surface area contributed by atoms with Crippen molar-refractivity contribution in [2.45, 2.75) is 43.9 Å². The molecular weight excluding hydrogens is 180 g/mol. The van der Waals surface area contributed by atoms with Gasteiger partial charge in [0.05, 0.1) is 12.1 Å². The van der Waals surface area contributed by atoms with Crippen LogP contribution in [-0.4, -0.2) is 47.7 Å². The maximum absolute atomic E-state index is 11.9. The quantitative estimate of drug-likeness (QED) is 0.641. The maximum atomic E-state index is 11.9. The number of hydrogen-bond donors (Lipinski definition) is 2. The molecule has 2 fully saturated rings. The van der Waals surface area contributed by atoms with Gasteiger partial charge in [-0.2, -0.15) is 0 Å². The number of carbonyl (C=O) groups is 1. The molecule has 0 radical (unpaired) electrons.